The second-order valence-corrected chi connectivity index (χ2v) is 9.90. The van der Waals surface area contributed by atoms with Crippen LogP contribution in [-0.4, -0.2) is 42.6 Å². The summed E-state index contributed by atoms with van der Waals surface area (Å²) in [7, 11) is 0. The number of thiazole rings is 1. The predicted octanol–water partition coefficient (Wildman–Crippen LogP) is 4.22. The van der Waals surface area contributed by atoms with Crippen molar-refractivity contribution in [1.29, 1.82) is 0 Å². The molecule has 3 aromatic heterocycles. The van der Waals surface area contributed by atoms with E-state index in [9.17, 15) is 15.3 Å². The van der Waals surface area contributed by atoms with Gasteiger partial charge in [0.25, 0.3) is 0 Å². The van der Waals surface area contributed by atoms with Gasteiger partial charge in [-0.25, -0.2) is 9.97 Å². The molecule has 33 heavy (non-hydrogen) atoms. The van der Waals surface area contributed by atoms with Crippen molar-refractivity contribution in [2.75, 3.05) is 6.61 Å². The van der Waals surface area contributed by atoms with Crippen LogP contribution in [0.4, 0.5) is 0 Å². The van der Waals surface area contributed by atoms with Gasteiger partial charge in [-0.05, 0) is 31.2 Å². The van der Waals surface area contributed by atoms with Crippen molar-refractivity contribution in [2.45, 2.75) is 37.1 Å². The van der Waals surface area contributed by atoms with E-state index in [4.69, 9.17) is 21.1 Å². The molecule has 0 unspecified atom stereocenters. The first-order valence-corrected chi connectivity index (χ1v) is 11.7. The molecule has 2 aliphatic heterocycles. The number of rotatable bonds is 5. The molecule has 8 nitrogen and oxygen atoms in total. The first-order valence-electron chi connectivity index (χ1n) is 10.5. The second kappa shape index (κ2) is 7.07. The Morgan fingerprint density at radius 2 is 2.03 bits per heavy atom. The Kier molecular flexibility index (Phi) is 4.44. The fourth-order valence-corrected chi connectivity index (χ4v) is 5.94. The summed E-state index contributed by atoms with van der Waals surface area (Å²) < 4.78 is 14.4. The van der Waals surface area contributed by atoms with Crippen molar-refractivity contribution >= 4 is 33.2 Å². The number of aromatic nitrogens is 3. The molecule has 3 atom stereocenters. The maximum atomic E-state index is 11.3. The van der Waals surface area contributed by atoms with Crippen molar-refractivity contribution in [3.05, 3.63) is 58.2 Å². The van der Waals surface area contributed by atoms with Gasteiger partial charge >= 0.3 is 0 Å². The number of pyridine rings is 1. The monoisotopic (exact) mass is 485 g/mol. The van der Waals surface area contributed by atoms with Gasteiger partial charge in [0.2, 0.25) is 17.6 Å². The number of ether oxygens (including phenoxy) is 2. The molecule has 5 heterocycles. The minimum Gasteiger partial charge on any atom is -0.494 e. The van der Waals surface area contributed by atoms with Crippen LogP contribution in [0.25, 0.3) is 15.9 Å². The summed E-state index contributed by atoms with van der Waals surface area (Å²) in [5, 5.41) is 33.9. The van der Waals surface area contributed by atoms with Crippen LogP contribution >= 0.6 is 22.9 Å². The molecule has 170 valence electrons. The Morgan fingerprint density at radius 3 is 2.82 bits per heavy atom. The summed E-state index contributed by atoms with van der Waals surface area (Å²) in [6.07, 6.45) is 1.28. The maximum absolute atomic E-state index is 11.3. The Balaban J connectivity index is 1.39. The molecule has 1 saturated heterocycles. The summed E-state index contributed by atoms with van der Waals surface area (Å²) in [6.45, 7) is 1.97. The number of aromatic hydroxyl groups is 2. The molecule has 1 fully saturated rings. The quantitative estimate of drug-likeness (QED) is 0.388. The van der Waals surface area contributed by atoms with Crippen molar-refractivity contribution in [1.82, 2.24) is 14.5 Å². The molecule has 4 aromatic rings. The van der Waals surface area contributed by atoms with E-state index in [-0.39, 0.29) is 24.8 Å². The number of hydrogen-bond acceptors (Lipinski definition) is 8. The van der Waals surface area contributed by atoms with Crippen LogP contribution in [0.2, 0.25) is 5.02 Å². The average Bonchev–Trinajstić information content (AvgIpc) is 3.48. The Hall–Kier alpha value is -2.85. The zero-order valence-corrected chi connectivity index (χ0v) is 19.1. The molecule has 0 radical (unpaired) electrons. The second-order valence-electron chi connectivity index (χ2n) is 8.57. The first-order chi connectivity index (χ1) is 15.8. The number of halogens is 1. The lowest BCUT2D eigenvalue weighted by atomic mass is 9.76. The first kappa shape index (κ1) is 20.7. The number of benzene rings is 1. The standard InChI is InChI=1S/C23H20ClN3O5S/c1-22-16(28)9-23(32-22,6-7-31-17-5-2-12(24)10-25-17)19-18(22)20(29)27(21(19)30)13-3-4-14-15(8-13)33-11-26-14/h2-5,8,10-11,16,28-30H,6-7,9H2,1H3/t16-,22-,23+/m0/s1. The fourth-order valence-electron chi connectivity index (χ4n) is 5.12. The lowest BCUT2D eigenvalue weighted by Crippen LogP contribution is -2.33. The van der Waals surface area contributed by atoms with E-state index in [1.165, 1.54) is 22.1 Å². The molecular weight excluding hydrogens is 466 g/mol. The lowest BCUT2D eigenvalue weighted by molar-refractivity contribution is -0.107. The molecule has 2 bridgehead atoms. The minimum absolute atomic E-state index is 0.105. The highest BCUT2D eigenvalue weighted by molar-refractivity contribution is 7.16. The summed E-state index contributed by atoms with van der Waals surface area (Å²) in [6, 6.07) is 8.86. The van der Waals surface area contributed by atoms with Crippen molar-refractivity contribution in [2.24, 2.45) is 0 Å². The zero-order valence-electron chi connectivity index (χ0n) is 17.5. The maximum Gasteiger partial charge on any atom is 0.213 e. The van der Waals surface area contributed by atoms with Gasteiger partial charge in [0, 0.05) is 25.1 Å². The third kappa shape index (κ3) is 2.90. The van der Waals surface area contributed by atoms with Gasteiger partial charge in [-0.15, -0.1) is 11.3 Å². The summed E-state index contributed by atoms with van der Waals surface area (Å²) >= 11 is 7.35. The van der Waals surface area contributed by atoms with Crippen LogP contribution in [-0.2, 0) is 15.9 Å². The normalized spacial score (nSPS) is 25.6. The summed E-state index contributed by atoms with van der Waals surface area (Å²) in [5.74, 6) is 0.166. The Labute approximate surface area is 197 Å². The SMILES string of the molecule is C[C@]12O[C@](CCOc3ccc(Cl)cn3)(C[C@@H]1O)c1c2c(O)n(-c2ccc3ncsc3c2)c1O. The average molecular weight is 486 g/mol. The van der Waals surface area contributed by atoms with Crippen LogP contribution in [0.1, 0.15) is 30.9 Å². The number of nitrogens with zero attached hydrogens (tertiary/aromatic N) is 3. The number of hydrogen-bond donors (Lipinski definition) is 3. The highest BCUT2D eigenvalue weighted by atomic mass is 35.5. The van der Waals surface area contributed by atoms with Crippen LogP contribution in [0, 0.1) is 0 Å². The number of aliphatic hydroxyl groups is 1. The Bertz CT molecular complexity index is 1390. The van der Waals surface area contributed by atoms with Gasteiger partial charge < -0.3 is 24.8 Å². The molecule has 10 heteroatoms. The molecule has 2 aliphatic rings. The zero-order chi connectivity index (χ0) is 23.0. The van der Waals surface area contributed by atoms with E-state index in [1.807, 2.05) is 12.1 Å². The van der Waals surface area contributed by atoms with Crippen LogP contribution in [0.5, 0.6) is 17.6 Å². The molecule has 0 spiro atoms. The van der Waals surface area contributed by atoms with Crippen LogP contribution < -0.4 is 4.74 Å². The van der Waals surface area contributed by atoms with E-state index < -0.39 is 17.3 Å². The van der Waals surface area contributed by atoms with E-state index in [2.05, 4.69) is 9.97 Å². The molecule has 6 rings (SSSR count). The Morgan fingerprint density at radius 1 is 1.21 bits per heavy atom. The summed E-state index contributed by atoms with van der Waals surface area (Å²) in [4.78, 5) is 8.41. The largest absolute Gasteiger partial charge is 0.494 e. The van der Waals surface area contributed by atoms with Gasteiger partial charge in [0.05, 0.1) is 50.3 Å². The van der Waals surface area contributed by atoms with E-state index in [1.54, 1.807) is 30.6 Å². The van der Waals surface area contributed by atoms with Crippen molar-refractivity contribution in [3.8, 4) is 23.3 Å². The van der Waals surface area contributed by atoms with Gasteiger partial charge in [-0.2, -0.15) is 0 Å². The van der Waals surface area contributed by atoms with Gasteiger partial charge in [-0.1, -0.05) is 11.6 Å². The number of aliphatic hydroxyl groups excluding tert-OH is 1. The smallest absolute Gasteiger partial charge is 0.213 e. The lowest BCUT2D eigenvalue weighted by Gasteiger charge is -2.26. The third-order valence-corrected chi connectivity index (χ3v) is 7.68. The minimum atomic E-state index is -1.14. The molecule has 3 N–H and O–H groups in total. The topological polar surface area (TPSA) is 110 Å². The predicted molar refractivity (Wildman–Crippen MR) is 122 cm³/mol. The molecule has 0 aliphatic carbocycles. The van der Waals surface area contributed by atoms with E-state index in [0.29, 0.717) is 34.1 Å². The van der Waals surface area contributed by atoms with Crippen molar-refractivity contribution in [3.63, 3.8) is 0 Å². The van der Waals surface area contributed by atoms with Gasteiger partial charge in [0.15, 0.2) is 0 Å². The highest BCUT2D eigenvalue weighted by Crippen LogP contribution is 2.65. The molecule has 1 aromatic carbocycles. The molecule has 0 saturated carbocycles. The molecule has 0 amide bonds. The van der Waals surface area contributed by atoms with Crippen molar-refractivity contribution < 1.29 is 24.8 Å². The highest BCUT2D eigenvalue weighted by Gasteiger charge is 2.66. The molecular formula is C23H20ClN3O5S. The number of fused-ring (bicyclic) bond motifs is 6. The summed E-state index contributed by atoms with van der Waals surface area (Å²) in [5.41, 5.74) is 1.95. The van der Waals surface area contributed by atoms with E-state index >= 15 is 0 Å². The fraction of sp³-hybridized carbons (Fsp3) is 0.304. The van der Waals surface area contributed by atoms with Crippen LogP contribution in [0.3, 0.4) is 0 Å². The van der Waals surface area contributed by atoms with Gasteiger partial charge in [0.1, 0.15) is 11.2 Å². The van der Waals surface area contributed by atoms with Gasteiger partial charge in [-0.3, -0.25) is 4.57 Å². The van der Waals surface area contributed by atoms with Crippen LogP contribution in [0.15, 0.2) is 42.0 Å². The van der Waals surface area contributed by atoms with E-state index in [0.717, 1.165) is 10.2 Å². The third-order valence-electron chi connectivity index (χ3n) is 6.67.